The maximum Gasteiger partial charge on any atom is 0.159 e. The van der Waals surface area contributed by atoms with Gasteiger partial charge < -0.3 is 10.3 Å². The number of H-pyrrole nitrogens is 2. The molecule has 4 heterocycles. The van der Waals surface area contributed by atoms with Gasteiger partial charge in [-0.25, -0.2) is 4.98 Å². The SMILES string of the molecule is C=C/C(=C\C(=C/C)c1ccc2[nH]nc(-c3nc4c(-c5cccs5)nccc4[nH]3)c2c1)NC(=C)C1CC1. The number of rotatable bonds is 8. The summed E-state index contributed by atoms with van der Waals surface area (Å²) < 4.78 is 0. The second-order valence-corrected chi connectivity index (χ2v) is 9.87. The molecule has 0 amide bonds. The maximum atomic E-state index is 4.92. The molecule has 0 unspecified atom stereocenters. The first-order chi connectivity index (χ1) is 17.6. The van der Waals surface area contributed by atoms with Gasteiger partial charge >= 0.3 is 0 Å². The van der Waals surface area contributed by atoms with E-state index in [0.29, 0.717) is 11.7 Å². The lowest BCUT2D eigenvalue weighted by atomic mass is 10.0. The number of imidazole rings is 1. The fraction of sp³-hybridized carbons (Fsp3) is 0.138. The molecule has 6 nitrogen and oxygen atoms in total. The third-order valence-electron chi connectivity index (χ3n) is 6.49. The molecule has 1 fully saturated rings. The number of hydrogen-bond acceptors (Lipinski definition) is 5. The molecule has 1 aromatic carbocycles. The molecular weight excluding hydrogens is 464 g/mol. The minimum Gasteiger partial charge on any atom is -0.359 e. The Morgan fingerprint density at radius 2 is 2.06 bits per heavy atom. The van der Waals surface area contributed by atoms with Crippen LogP contribution in [0.5, 0.6) is 0 Å². The van der Waals surface area contributed by atoms with Crippen LogP contribution < -0.4 is 5.32 Å². The van der Waals surface area contributed by atoms with Crippen molar-refractivity contribution in [3.05, 3.63) is 96.3 Å². The van der Waals surface area contributed by atoms with E-state index in [4.69, 9.17) is 4.98 Å². The van der Waals surface area contributed by atoms with Crippen molar-refractivity contribution in [1.82, 2.24) is 30.5 Å². The van der Waals surface area contributed by atoms with Crippen LogP contribution in [0.1, 0.15) is 25.3 Å². The Balaban J connectivity index is 1.39. The third-order valence-corrected chi connectivity index (χ3v) is 7.37. The first-order valence-electron chi connectivity index (χ1n) is 12.0. The van der Waals surface area contributed by atoms with Gasteiger partial charge in [0.1, 0.15) is 16.9 Å². The topological polar surface area (TPSA) is 82.3 Å². The van der Waals surface area contributed by atoms with Crippen LogP contribution in [0, 0.1) is 5.92 Å². The van der Waals surface area contributed by atoms with E-state index in [-0.39, 0.29) is 0 Å². The van der Waals surface area contributed by atoms with E-state index >= 15 is 0 Å². The van der Waals surface area contributed by atoms with Crippen molar-refractivity contribution in [2.75, 3.05) is 0 Å². The Labute approximate surface area is 213 Å². The highest BCUT2D eigenvalue weighted by molar-refractivity contribution is 7.13. The predicted molar refractivity (Wildman–Crippen MR) is 149 cm³/mol. The van der Waals surface area contributed by atoms with Gasteiger partial charge in [-0.1, -0.05) is 31.4 Å². The smallest absolute Gasteiger partial charge is 0.159 e. The van der Waals surface area contributed by atoms with Crippen LogP contribution >= 0.6 is 11.3 Å². The number of aromatic amines is 2. The fourth-order valence-electron chi connectivity index (χ4n) is 4.38. The second kappa shape index (κ2) is 9.09. The molecule has 1 aliphatic rings. The average Bonchev–Trinajstić information content (AvgIpc) is 3.28. The molecule has 0 saturated heterocycles. The quantitative estimate of drug-likeness (QED) is 0.201. The van der Waals surface area contributed by atoms with E-state index in [1.807, 2.05) is 31.3 Å². The van der Waals surface area contributed by atoms with Gasteiger partial charge in [0.05, 0.1) is 15.9 Å². The van der Waals surface area contributed by atoms with E-state index in [9.17, 15) is 0 Å². The lowest BCUT2D eigenvalue weighted by Crippen LogP contribution is -2.11. The van der Waals surface area contributed by atoms with Crippen molar-refractivity contribution in [3.63, 3.8) is 0 Å². The van der Waals surface area contributed by atoms with Crippen LogP contribution in [-0.2, 0) is 0 Å². The number of nitrogens with one attached hydrogen (secondary N) is 3. The third kappa shape index (κ3) is 4.07. The number of nitrogens with zero attached hydrogens (tertiary/aromatic N) is 3. The van der Waals surface area contributed by atoms with Crippen LogP contribution in [0.15, 0.2) is 90.8 Å². The van der Waals surface area contributed by atoms with Gasteiger partial charge in [-0.05, 0) is 78.6 Å². The number of benzene rings is 1. The first-order valence-corrected chi connectivity index (χ1v) is 12.9. The van der Waals surface area contributed by atoms with Crippen molar-refractivity contribution in [1.29, 1.82) is 0 Å². The van der Waals surface area contributed by atoms with Crippen LogP contribution in [0.4, 0.5) is 0 Å². The minimum absolute atomic E-state index is 0.576. The second-order valence-electron chi connectivity index (χ2n) is 8.92. The van der Waals surface area contributed by atoms with Crippen LogP contribution in [0.3, 0.4) is 0 Å². The summed E-state index contributed by atoms with van der Waals surface area (Å²) in [4.78, 5) is 14.0. The van der Waals surface area contributed by atoms with Crippen molar-refractivity contribution < 1.29 is 0 Å². The van der Waals surface area contributed by atoms with Crippen molar-refractivity contribution >= 4 is 38.8 Å². The standard InChI is InChI=1S/C29H26N6S/c1-4-18(15-21(5-2)31-17(3)19-8-9-19)20-10-11-23-22(16-20)26(35-34-23)29-32-24-12-13-30-28(27(24)33-29)25-7-6-14-36-25/h4-7,10-16,19,31H,2-3,8-9H2,1H3,(H,32,33)(H,34,35)/b18-4+,21-15+. The Kier molecular flexibility index (Phi) is 5.62. The molecular formula is C29H26N6S. The summed E-state index contributed by atoms with van der Waals surface area (Å²) >= 11 is 1.66. The van der Waals surface area contributed by atoms with Crippen LogP contribution in [0.25, 0.3) is 49.6 Å². The number of aromatic nitrogens is 5. The van der Waals surface area contributed by atoms with Gasteiger partial charge in [0, 0.05) is 23.0 Å². The summed E-state index contributed by atoms with van der Waals surface area (Å²) in [5.74, 6) is 1.29. The lowest BCUT2D eigenvalue weighted by molar-refractivity contribution is 0.865. The molecule has 6 rings (SSSR count). The molecule has 4 aromatic heterocycles. The number of allylic oxidation sites excluding steroid dienone is 5. The Hall–Kier alpha value is -4.23. The number of thiophene rings is 1. The molecule has 0 bridgehead atoms. The van der Waals surface area contributed by atoms with Gasteiger partial charge in [-0.15, -0.1) is 11.3 Å². The van der Waals surface area contributed by atoms with Gasteiger partial charge in [0.25, 0.3) is 0 Å². The zero-order chi connectivity index (χ0) is 24.6. The van der Waals surface area contributed by atoms with Crippen molar-refractivity contribution in [2.24, 2.45) is 5.92 Å². The van der Waals surface area contributed by atoms with Gasteiger partial charge in [0.15, 0.2) is 5.82 Å². The summed E-state index contributed by atoms with van der Waals surface area (Å²) in [6, 6.07) is 12.4. The molecule has 1 aliphatic carbocycles. The fourth-order valence-corrected chi connectivity index (χ4v) is 5.10. The normalized spacial score (nSPS) is 14.5. The monoisotopic (exact) mass is 490 g/mol. The Bertz CT molecular complexity index is 1660. The largest absolute Gasteiger partial charge is 0.359 e. The van der Waals surface area contributed by atoms with Crippen LogP contribution in [0.2, 0.25) is 0 Å². The molecule has 178 valence electrons. The van der Waals surface area contributed by atoms with E-state index in [2.05, 4.69) is 80.4 Å². The van der Waals surface area contributed by atoms with E-state index in [0.717, 1.165) is 60.7 Å². The number of pyridine rings is 1. The van der Waals surface area contributed by atoms with Gasteiger partial charge in [-0.2, -0.15) is 5.10 Å². The average molecular weight is 491 g/mol. The molecule has 0 aliphatic heterocycles. The zero-order valence-corrected chi connectivity index (χ0v) is 20.8. The Morgan fingerprint density at radius 3 is 2.81 bits per heavy atom. The van der Waals surface area contributed by atoms with Crippen molar-refractivity contribution in [3.8, 4) is 22.1 Å². The maximum absolute atomic E-state index is 4.92. The molecule has 0 atom stereocenters. The summed E-state index contributed by atoms with van der Waals surface area (Å²) in [5.41, 5.74) is 8.57. The summed E-state index contributed by atoms with van der Waals surface area (Å²) in [5, 5.41) is 14.3. The molecule has 0 spiro atoms. The minimum atomic E-state index is 0.576. The van der Waals surface area contributed by atoms with E-state index < -0.39 is 0 Å². The molecule has 7 heteroatoms. The summed E-state index contributed by atoms with van der Waals surface area (Å²) in [7, 11) is 0. The van der Waals surface area contributed by atoms with Crippen molar-refractivity contribution in [2.45, 2.75) is 19.8 Å². The Morgan fingerprint density at radius 1 is 1.17 bits per heavy atom. The van der Waals surface area contributed by atoms with E-state index in [1.165, 1.54) is 12.8 Å². The lowest BCUT2D eigenvalue weighted by Gasteiger charge is -2.11. The predicted octanol–water partition coefficient (Wildman–Crippen LogP) is 7.22. The summed E-state index contributed by atoms with van der Waals surface area (Å²) in [6.45, 7) is 10.2. The molecule has 3 N–H and O–H groups in total. The highest BCUT2D eigenvalue weighted by Gasteiger charge is 2.24. The highest BCUT2D eigenvalue weighted by atomic mass is 32.1. The van der Waals surface area contributed by atoms with Crippen LogP contribution in [-0.4, -0.2) is 25.1 Å². The van der Waals surface area contributed by atoms with Gasteiger partial charge in [-0.3, -0.25) is 10.1 Å². The molecule has 1 saturated carbocycles. The molecule has 5 aromatic rings. The summed E-state index contributed by atoms with van der Waals surface area (Å²) in [6.07, 6.45) is 10.3. The van der Waals surface area contributed by atoms with E-state index in [1.54, 1.807) is 11.3 Å². The highest BCUT2D eigenvalue weighted by Crippen LogP contribution is 2.35. The zero-order valence-electron chi connectivity index (χ0n) is 20.0. The number of hydrogen-bond donors (Lipinski definition) is 3. The number of fused-ring (bicyclic) bond motifs is 2. The molecule has 0 radical (unpaired) electrons. The van der Waals surface area contributed by atoms with Gasteiger partial charge in [0.2, 0.25) is 0 Å². The first kappa shape index (κ1) is 22.2. The molecule has 36 heavy (non-hydrogen) atoms.